The minimum atomic E-state index is -2.78. The van der Waals surface area contributed by atoms with Crippen LogP contribution in [0.5, 0.6) is 0 Å². The normalized spacial score (nSPS) is 22.9. The number of nitrogens with one attached hydrogen (secondary N) is 2. The first-order valence-electron chi connectivity index (χ1n) is 13.6. The standard InChI is InChI=1S/C32H16F4N8/c33-15-12-13-20-21(14-15)28-41-31(20)44(36)30-19-9-4-3-8-18(19)27(40-30)38-25-16-6-1-2-7-17(16)26(37-25)39-29-24-22(10-5-11-23(24)34)32(35,42-28)43-29/h1-14,40H,(H,37,38,39,43)/b42-28-. The van der Waals surface area contributed by atoms with Crippen LogP contribution in [-0.4, -0.2) is 34.2 Å². The second-order valence-electron chi connectivity index (χ2n) is 10.5. The molecule has 8 nitrogen and oxygen atoms in total. The molecular weight excluding hydrogens is 572 g/mol. The van der Waals surface area contributed by atoms with Gasteiger partial charge < -0.3 is 10.3 Å². The Labute approximate surface area is 245 Å². The number of rotatable bonds is 0. The molecule has 2 N–H and O–H groups in total. The number of hydrogen-bond donors (Lipinski definition) is 2. The summed E-state index contributed by atoms with van der Waals surface area (Å²) in [4.78, 5) is 25.6. The van der Waals surface area contributed by atoms with Crippen LogP contribution in [-0.2, 0) is 5.92 Å². The zero-order chi connectivity index (χ0) is 29.7. The van der Waals surface area contributed by atoms with Crippen molar-refractivity contribution in [3.8, 4) is 0 Å². The first-order chi connectivity index (χ1) is 21.4. The lowest BCUT2D eigenvalue weighted by Crippen LogP contribution is -2.34. The molecule has 12 heteroatoms. The summed E-state index contributed by atoms with van der Waals surface area (Å²) in [6.45, 7) is 0. The van der Waals surface area contributed by atoms with E-state index >= 15 is 13.3 Å². The molecule has 0 fully saturated rings. The average molecular weight is 589 g/mol. The molecule has 0 amide bonds. The van der Waals surface area contributed by atoms with Crippen LogP contribution in [0.15, 0.2) is 110 Å². The second-order valence-corrected chi connectivity index (χ2v) is 10.5. The summed E-state index contributed by atoms with van der Waals surface area (Å²) in [5.41, 5.74) is 1.13. The summed E-state index contributed by atoms with van der Waals surface area (Å²) in [5, 5.41) is 3.98. The Kier molecular flexibility index (Phi) is 4.80. The molecule has 4 aromatic carbocycles. The quantitative estimate of drug-likeness (QED) is 0.126. The molecule has 1 unspecified atom stereocenters. The fourth-order valence-corrected chi connectivity index (χ4v) is 5.97. The van der Waals surface area contributed by atoms with Crippen LogP contribution in [0.2, 0.25) is 0 Å². The highest BCUT2D eigenvalue weighted by Gasteiger charge is 2.46. The molecule has 5 heterocycles. The SMILES string of the molecule is Fc1ccc2c(c1)/C1=N/C3(F)N/C(=N\C4=NC(=N\c5[nH]c(c6ccccc56)N(F)C2=N1)/c1ccccc14)c1c(F)cccc13. The van der Waals surface area contributed by atoms with Gasteiger partial charge in [0.05, 0.1) is 5.56 Å². The monoisotopic (exact) mass is 588 g/mol. The molecule has 9 rings (SSSR count). The third-order valence-corrected chi connectivity index (χ3v) is 7.94. The van der Waals surface area contributed by atoms with Crippen LogP contribution in [0.1, 0.15) is 33.4 Å². The van der Waals surface area contributed by atoms with Crippen molar-refractivity contribution in [2.75, 3.05) is 5.12 Å². The van der Waals surface area contributed by atoms with Gasteiger partial charge in [0.1, 0.15) is 23.3 Å². The lowest BCUT2D eigenvalue weighted by molar-refractivity contribution is 0.165. The van der Waals surface area contributed by atoms with E-state index in [1.54, 1.807) is 42.5 Å². The Morgan fingerprint density at radius 3 is 2.25 bits per heavy atom. The molecule has 8 bridgehead atoms. The van der Waals surface area contributed by atoms with Crippen molar-refractivity contribution in [1.82, 2.24) is 10.3 Å². The van der Waals surface area contributed by atoms with Gasteiger partial charge in [-0.2, -0.15) is 4.39 Å². The molecular formula is C32H16F4N8. The molecule has 44 heavy (non-hydrogen) atoms. The summed E-state index contributed by atoms with van der Waals surface area (Å²) < 4.78 is 63.3. The minimum Gasteiger partial charge on any atom is -0.323 e. The second kappa shape index (κ2) is 8.57. The van der Waals surface area contributed by atoms with Crippen molar-refractivity contribution in [2.45, 2.75) is 5.92 Å². The topological polar surface area (TPSA) is 92.9 Å². The van der Waals surface area contributed by atoms with Gasteiger partial charge >= 0.3 is 5.92 Å². The number of benzene rings is 4. The third-order valence-electron chi connectivity index (χ3n) is 7.94. The average Bonchev–Trinajstić information content (AvgIpc) is 3.74. The van der Waals surface area contributed by atoms with Crippen LogP contribution in [0.4, 0.5) is 29.3 Å². The summed E-state index contributed by atoms with van der Waals surface area (Å²) in [5.74, 6) is -4.13. The number of halogens is 4. The molecule has 0 radical (unpaired) electrons. The number of aromatic amines is 1. The van der Waals surface area contributed by atoms with E-state index < -0.39 is 17.6 Å². The molecule has 0 saturated carbocycles. The lowest BCUT2D eigenvalue weighted by atomic mass is 10.1. The Hall–Kier alpha value is -5.91. The van der Waals surface area contributed by atoms with Gasteiger partial charge in [-0.1, -0.05) is 65.1 Å². The summed E-state index contributed by atoms with van der Waals surface area (Å²) >= 11 is 0. The number of fused-ring (bicyclic) bond motifs is 18. The van der Waals surface area contributed by atoms with Gasteiger partial charge in [-0.05, 0) is 24.3 Å². The maximum atomic E-state index is 17.0. The zero-order valence-corrected chi connectivity index (χ0v) is 22.3. The van der Waals surface area contributed by atoms with E-state index in [1.165, 1.54) is 24.3 Å². The molecule has 0 spiro atoms. The molecule has 5 aromatic rings. The van der Waals surface area contributed by atoms with Crippen LogP contribution < -0.4 is 10.4 Å². The van der Waals surface area contributed by atoms with E-state index in [4.69, 9.17) is 4.99 Å². The molecule has 4 aliphatic rings. The zero-order valence-electron chi connectivity index (χ0n) is 22.3. The van der Waals surface area contributed by atoms with Gasteiger partial charge in [0.15, 0.2) is 29.2 Å². The van der Waals surface area contributed by atoms with Gasteiger partial charge in [-0.25, -0.2) is 33.7 Å². The van der Waals surface area contributed by atoms with Gasteiger partial charge in [0.2, 0.25) is 0 Å². The van der Waals surface area contributed by atoms with Gasteiger partial charge in [-0.15, -0.1) is 5.12 Å². The number of hydrogen-bond acceptors (Lipinski definition) is 7. The largest absolute Gasteiger partial charge is 0.323 e. The summed E-state index contributed by atoms with van der Waals surface area (Å²) in [6, 6.07) is 21.7. The van der Waals surface area contributed by atoms with E-state index in [9.17, 15) is 4.39 Å². The van der Waals surface area contributed by atoms with Crippen molar-refractivity contribution in [2.24, 2.45) is 25.0 Å². The third kappa shape index (κ3) is 3.35. The Balaban J connectivity index is 1.38. The number of alkyl halides is 1. The number of H-pyrrole nitrogens is 1. The molecule has 1 atom stereocenters. The van der Waals surface area contributed by atoms with Gasteiger partial charge in [0.25, 0.3) is 0 Å². The maximum absolute atomic E-state index is 17.0. The van der Waals surface area contributed by atoms with Crippen LogP contribution in [0, 0.1) is 11.6 Å². The molecule has 4 aliphatic heterocycles. The fourth-order valence-electron chi connectivity index (χ4n) is 5.97. The highest BCUT2D eigenvalue weighted by molar-refractivity contribution is 6.29. The number of aromatic nitrogens is 1. The Morgan fingerprint density at radius 1 is 0.682 bits per heavy atom. The predicted octanol–water partition coefficient (Wildman–Crippen LogP) is 6.33. The van der Waals surface area contributed by atoms with Crippen LogP contribution >= 0.6 is 0 Å². The van der Waals surface area contributed by atoms with Gasteiger partial charge in [0, 0.05) is 38.6 Å². The molecule has 212 valence electrons. The van der Waals surface area contributed by atoms with Crippen LogP contribution in [0.3, 0.4) is 0 Å². The fraction of sp³-hybridized carbons (Fsp3) is 0.0312. The van der Waals surface area contributed by atoms with Crippen molar-refractivity contribution >= 4 is 51.6 Å². The smallest absolute Gasteiger partial charge is 0.305 e. The molecule has 0 aliphatic carbocycles. The highest BCUT2D eigenvalue weighted by atomic mass is 19.2. The molecule has 1 aromatic heterocycles. The van der Waals surface area contributed by atoms with E-state index in [0.717, 1.165) is 12.1 Å². The van der Waals surface area contributed by atoms with E-state index in [0.29, 0.717) is 32.8 Å². The summed E-state index contributed by atoms with van der Waals surface area (Å²) in [6.07, 6.45) is 0. The number of nitrogens with zero attached hydrogens (tertiary/aromatic N) is 6. The Morgan fingerprint density at radius 2 is 1.43 bits per heavy atom. The lowest BCUT2D eigenvalue weighted by Gasteiger charge is -2.17. The van der Waals surface area contributed by atoms with E-state index in [-0.39, 0.29) is 57.2 Å². The van der Waals surface area contributed by atoms with Crippen molar-refractivity contribution in [3.05, 3.63) is 130 Å². The number of anilines is 1. The first kappa shape index (κ1) is 24.7. The van der Waals surface area contributed by atoms with Gasteiger partial charge in [-0.3, -0.25) is 0 Å². The minimum absolute atomic E-state index is 0.000480. The predicted molar refractivity (Wildman–Crippen MR) is 159 cm³/mol. The summed E-state index contributed by atoms with van der Waals surface area (Å²) in [7, 11) is 0. The number of aliphatic imine (C=N–C) groups is 5. The highest BCUT2D eigenvalue weighted by Crippen LogP contribution is 2.40. The first-order valence-corrected chi connectivity index (χ1v) is 13.6. The van der Waals surface area contributed by atoms with E-state index in [1.807, 2.05) is 6.07 Å². The molecule has 0 saturated heterocycles. The number of amidine groups is 5. The Bertz CT molecular complexity index is 2280. The van der Waals surface area contributed by atoms with Crippen molar-refractivity contribution in [1.29, 1.82) is 0 Å². The van der Waals surface area contributed by atoms with Crippen LogP contribution in [0.25, 0.3) is 10.8 Å². The van der Waals surface area contributed by atoms with Crippen molar-refractivity contribution in [3.63, 3.8) is 0 Å². The van der Waals surface area contributed by atoms with E-state index in [2.05, 4.69) is 30.3 Å². The van der Waals surface area contributed by atoms with Crippen molar-refractivity contribution < 1.29 is 17.7 Å². The maximum Gasteiger partial charge on any atom is 0.305 e.